The van der Waals surface area contributed by atoms with Gasteiger partial charge >= 0.3 is 0 Å². The summed E-state index contributed by atoms with van der Waals surface area (Å²) in [4.78, 5) is 28.7. The Morgan fingerprint density at radius 3 is 2.48 bits per heavy atom. The number of piperazine rings is 1. The first-order chi connectivity index (χ1) is 13.7. The number of likely N-dealkylation sites (N-methyl/N-ethyl adjacent to an activating group) is 1. The van der Waals surface area contributed by atoms with Crippen molar-refractivity contribution < 1.29 is 18.0 Å². The standard InChI is InChI=1S/C19H26N4O4S2/c1-19-8-7-17(24)23(19)16(13-28-19)18(25)20-14-3-5-15(6-4-14)29(26,27)22-11-9-21(2)10-12-22/h3-6,16H,7-13H2,1-2H3,(H,20,25). The molecule has 0 saturated carbocycles. The minimum absolute atomic E-state index is 0.0197. The number of carbonyl (C=O) groups is 2. The fourth-order valence-electron chi connectivity index (χ4n) is 4.13. The van der Waals surface area contributed by atoms with Crippen molar-refractivity contribution in [3.8, 4) is 0 Å². The van der Waals surface area contributed by atoms with E-state index >= 15 is 0 Å². The number of nitrogens with zero attached hydrogens (tertiary/aromatic N) is 3. The van der Waals surface area contributed by atoms with Crippen LogP contribution in [0.5, 0.6) is 0 Å². The van der Waals surface area contributed by atoms with Crippen LogP contribution in [-0.2, 0) is 19.6 Å². The van der Waals surface area contributed by atoms with Gasteiger partial charge in [-0.3, -0.25) is 9.59 Å². The maximum atomic E-state index is 12.8. The van der Waals surface area contributed by atoms with Crippen LogP contribution in [0.2, 0.25) is 0 Å². The molecule has 3 aliphatic heterocycles. The lowest BCUT2D eigenvalue weighted by atomic mass is 10.2. The zero-order valence-electron chi connectivity index (χ0n) is 16.6. The third-order valence-electron chi connectivity index (χ3n) is 5.97. The van der Waals surface area contributed by atoms with Gasteiger partial charge in [0.2, 0.25) is 21.8 Å². The van der Waals surface area contributed by atoms with E-state index in [1.165, 1.54) is 16.4 Å². The van der Waals surface area contributed by atoms with Crippen LogP contribution in [0.3, 0.4) is 0 Å². The first-order valence-corrected chi connectivity index (χ1v) is 12.2. The van der Waals surface area contributed by atoms with Crippen LogP contribution in [0.4, 0.5) is 5.69 Å². The summed E-state index contributed by atoms with van der Waals surface area (Å²) in [6.45, 7) is 4.37. The second kappa shape index (κ2) is 7.57. The summed E-state index contributed by atoms with van der Waals surface area (Å²) in [5.41, 5.74) is 0.526. The smallest absolute Gasteiger partial charge is 0.248 e. The lowest BCUT2D eigenvalue weighted by molar-refractivity contribution is -0.135. The van der Waals surface area contributed by atoms with E-state index in [4.69, 9.17) is 0 Å². The molecule has 3 heterocycles. The molecule has 0 aliphatic carbocycles. The highest BCUT2D eigenvalue weighted by Gasteiger charge is 2.52. The molecule has 0 spiro atoms. The third kappa shape index (κ3) is 3.78. The number of sulfonamides is 1. The van der Waals surface area contributed by atoms with Crippen LogP contribution < -0.4 is 5.32 Å². The van der Waals surface area contributed by atoms with Crippen molar-refractivity contribution in [3.63, 3.8) is 0 Å². The van der Waals surface area contributed by atoms with Gasteiger partial charge in [-0.25, -0.2) is 8.42 Å². The van der Waals surface area contributed by atoms with Gasteiger partial charge in [-0.1, -0.05) is 0 Å². The molecule has 3 fully saturated rings. The highest BCUT2D eigenvalue weighted by atomic mass is 32.2. The number of nitrogens with one attached hydrogen (secondary N) is 1. The van der Waals surface area contributed by atoms with Crippen molar-refractivity contribution >= 4 is 39.3 Å². The van der Waals surface area contributed by atoms with E-state index in [9.17, 15) is 18.0 Å². The summed E-state index contributed by atoms with van der Waals surface area (Å²) in [5.74, 6) is 0.363. The van der Waals surface area contributed by atoms with Crippen molar-refractivity contribution in [2.24, 2.45) is 0 Å². The highest BCUT2D eigenvalue weighted by Crippen LogP contribution is 2.47. The SMILES string of the molecule is CN1CCN(S(=O)(=O)c2ccc(NC(=O)C3CSC4(C)CCC(=O)N34)cc2)CC1. The van der Waals surface area contributed by atoms with Crippen LogP contribution in [0, 0.1) is 0 Å². The fraction of sp³-hybridized carbons (Fsp3) is 0.579. The van der Waals surface area contributed by atoms with Gasteiger partial charge in [0.05, 0.1) is 9.77 Å². The number of benzene rings is 1. The van der Waals surface area contributed by atoms with E-state index < -0.39 is 16.1 Å². The molecule has 3 saturated heterocycles. The molecule has 3 aliphatic rings. The maximum Gasteiger partial charge on any atom is 0.248 e. The molecule has 0 radical (unpaired) electrons. The lowest BCUT2D eigenvalue weighted by Crippen LogP contribution is -2.48. The largest absolute Gasteiger partial charge is 0.324 e. The summed E-state index contributed by atoms with van der Waals surface area (Å²) in [7, 11) is -1.56. The minimum atomic E-state index is -3.54. The predicted octanol–water partition coefficient (Wildman–Crippen LogP) is 1.02. The normalized spacial score (nSPS) is 28.6. The molecule has 4 rings (SSSR count). The van der Waals surface area contributed by atoms with Crippen molar-refractivity contribution in [2.75, 3.05) is 44.3 Å². The number of amides is 2. The van der Waals surface area contributed by atoms with E-state index in [0.29, 0.717) is 44.0 Å². The van der Waals surface area contributed by atoms with Gasteiger partial charge in [0.15, 0.2) is 0 Å². The van der Waals surface area contributed by atoms with Gasteiger partial charge in [-0.15, -0.1) is 11.8 Å². The monoisotopic (exact) mass is 438 g/mol. The van der Waals surface area contributed by atoms with Crippen LogP contribution in [0.25, 0.3) is 0 Å². The lowest BCUT2D eigenvalue weighted by Gasteiger charge is -2.31. The molecule has 2 amide bonds. The van der Waals surface area contributed by atoms with E-state index in [0.717, 1.165) is 6.42 Å². The van der Waals surface area contributed by atoms with Crippen molar-refractivity contribution in [1.29, 1.82) is 0 Å². The number of hydrogen-bond acceptors (Lipinski definition) is 6. The molecule has 1 aromatic carbocycles. The number of fused-ring (bicyclic) bond motifs is 1. The zero-order valence-corrected chi connectivity index (χ0v) is 18.3. The van der Waals surface area contributed by atoms with Gasteiger partial charge in [0.1, 0.15) is 6.04 Å². The molecule has 1 aromatic rings. The Balaban J connectivity index is 1.43. The van der Waals surface area contributed by atoms with Gasteiger partial charge in [-0.2, -0.15) is 4.31 Å². The minimum Gasteiger partial charge on any atom is -0.324 e. The molecule has 8 nitrogen and oxygen atoms in total. The Hall–Kier alpha value is -1.62. The summed E-state index contributed by atoms with van der Waals surface area (Å²) in [6.07, 6.45) is 1.24. The molecule has 1 N–H and O–H groups in total. The fourth-order valence-corrected chi connectivity index (χ4v) is 6.98. The van der Waals surface area contributed by atoms with E-state index in [1.54, 1.807) is 28.8 Å². The number of hydrogen-bond donors (Lipinski definition) is 1. The Morgan fingerprint density at radius 2 is 1.83 bits per heavy atom. The van der Waals surface area contributed by atoms with Crippen LogP contribution in [-0.4, -0.2) is 84.2 Å². The van der Waals surface area contributed by atoms with Crippen LogP contribution >= 0.6 is 11.8 Å². The van der Waals surface area contributed by atoms with E-state index in [-0.39, 0.29) is 21.6 Å². The Kier molecular flexibility index (Phi) is 5.39. The Morgan fingerprint density at radius 1 is 1.17 bits per heavy atom. The summed E-state index contributed by atoms with van der Waals surface area (Å²) >= 11 is 1.64. The molecule has 0 aromatic heterocycles. The first kappa shape index (κ1) is 20.6. The quantitative estimate of drug-likeness (QED) is 0.755. The second-order valence-corrected chi connectivity index (χ2v) is 11.4. The van der Waals surface area contributed by atoms with Gasteiger partial charge in [0, 0.05) is 44.0 Å². The van der Waals surface area contributed by atoms with Crippen molar-refractivity contribution in [3.05, 3.63) is 24.3 Å². The van der Waals surface area contributed by atoms with Gasteiger partial charge in [0.25, 0.3) is 0 Å². The number of rotatable bonds is 4. The molecular formula is C19H26N4O4S2. The topological polar surface area (TPSA) is 90.0 Å². The molecule has 2 unspecified atom stereocenters. The van der Waals surface area contributed by atoms with Crippen molar-refractivity contribution in [2.45, 2.75) is 35.6 Å². The first-order valence-electron chi connectivity index (χ1n) is 9.76. The number of thioether (sulfide) groups is 1. The molecule has 10 heteroatoms. The number of carbonyl (C=O) groups excluding carboxylic acids is 2. The Bertz CT molecular complexity index is 913. The van der Waals surface area contributed by atoms with Gasteiger partial charge < -0.3 is 15.1 Å². The predicted molar refractivity (Wildman–Crippen MR) is 112 cm³/mol. The van der Waals surface area contributed by atoms with Crippen LogP contribution in [0.15, 0.2) is 29.2 Å². The van der Waals surface area contributed by atoms with Crippen molar-refractivity contribution in [1.82, 2.24) is 14.1 Å². The van der Waals surface area contributed by atoms with E-state index in [1.807, 2.05) is 14.0 Å². The highest BCUT2D eigenvalue weighted by molar-refractivity contribution is 8.01. The average Bonchev–Trinajstić information content (AvgIpc) is 3.18. The Labute approximate surface area is 175 Å². The maximum absolute atomic E-state index is 12.8. The summed E-state index contributed by atoms with van der Waals surface area (Å²) < 4.78 is 27.1. The van der Waals surface area contributed by atoms with Crippen LogP contribution in [0.1, 0.15) is 19.8 Å². The van der Waals surface area contributed by atoms with Gasteiger partial charge in [-0.05, 0) is 44.7 Å². The molecule has 2 atom stereocenters. The average molecular weight is 439 g/mol. The molecule has 29 heavy (non-hydrogen) atoms. The molecular weight excluding hydrogens is 412 g/mol. The number of anilines is 1. The second-order valence-electron chi connectivity index (χ2n) is 7.99. The zero-order chi connectivity index (χ0) is 20.8. The third-order valence-corrected chi connectivity index (χ3v) is 9.39. The molecule has 158 valence electrons. The van der Waals surface area contributed by atoms with E-state index in [2.05, 4.69) is 10.2 Å². The summed E-state index contributed by atoms with van der Waals surface area (Å²) in [5, 5.41) is 2.84. The molecule has 0 bridgehead atoms. The summed E-state index contributed by atoms with van der Waals surface area (Å²) in [6, 6.07) is 5.77.